The Labute approximate surface area is 132 Å². The molecule has 0 unspecified atom stereocenters. The van der Waals surface area contributed by atoms with Gasteiger partial charge in [0, 0.05) is 41.8 Å². The maximum absolute atomic E-state index is 5.73. The smallest absolute Gasteiger partial charge is 0.212 e. The highest BCUT2D eigenvalue weighted by atomic mass is 79.9. The van der Waals surface area contributed by atoms with E-state index in [9.17, 15) is 0 Å². The van der Waals surface area contributed by atoms with E-state index in [1.54, 1.807) is 7.11 Å². The van der Waals surface area contributed by atoms with Crippen molar-refractivity contribution < 1.29 is 9.47 Å². The molecule has 110 valence electrons. The van der Waals surface area contributed by atoms with Crippen LogP contribution in [-0.2, 0) is 19.5 Å². The summed E-state index contributed by atoms with van der Waals surface area (Å²) in [6.07, 6.45) is 2.82. The fourth-order valence-electron chi connectivity index (χ4n) is 2.46. The van der Waals surface area contributed by atoms with E-state index < -0.39 is 0 Å². The first-order chi connectivity index (χ1) is 10.3. The van der Waals surface area contributed by atoms with Crippen molar-refractivity contribution in [3.05, 3.63) is 51.6 Å². The molecule has 0 spiro atoms. The molecule has 1 aromatic heterocycles. The van der Waals surface area contributed by atoms with Gasteiger partial charge in [-0.25, -0.2) is 4.98 Å². The molecule has 1 aliphatic rings. The summed E-state index contributed by atoms with van der Waals surface area (Å²) in [7, 11) is 1.62. The van der Waals surface area contributed by atoms with Crippen molar-refractivity contribution in [2.24, 2.45) is 0 Å². The highest BCUT2D eigenvalue weighted by Crippen LogP contribution is 2.32. The Morgan fingerprint density at radius 1 is 1.33 bits per heavy atom. The van der Waals surface area contributed by atoms with Gasteiger partial charge in [-0.15, -0.1) is 0 Å². The van der Waals surface area contributed by atoms with Crippen molar-refractivity contribution in [3.8, 4) is 11.6 Å². The highest BCUT2D eigenvalue weighted by molar-refractivity contribution is 9.10. The molecule has 0 bridgehead atoms. The Kier molecular flexibility index (Phi) is 4.41. The molecule has 1 N–H and O–H groups in total. The molecule has 21 heavy (non-hydrogen) atoms. The fraction of sp³-hybridized carbons (Fsp3) is 0.312. The average molecular weight is 349 g/mol. The number of hydrogen-bond donors (Lipinski definition) is 1. The van der Waals surface area contributed by atoms with Crippen molar-refractivity contribution in [3.63, 3.8) is 0 Å². The molecule has 0 amide bonds. The van der Waals surface area contributed by atoms with Crippen LogP contribution < -0.4 is 14.8 Å². The SMILES string of the molecule is COc1ccc(CNCc2cc(Br)cc3c2OCC3)cn1. The van der Waals surface area contributed by atoms with Gasteiger partial charge in [-0.2, -0.15) is 0 Å². The number of hydrogen-bond acceptors (Lipinski definition) is 4. The molecule has 1 aliphatic heterocycles. The summed E-state index contributed by atoms with van der Waals surface area (Å²) in [5, 5.41) is 3.43. The number of methoxy groups -OCH3 is 1. The van der Waals surface area contributed by atoms with Gasteiger partial charge in [0.2, 0.25) is 5.88 Å². The van der Waals surface area contributed by atoms with Crippen molar-refractivity contribution in [1.29, 1.82) is 0 Å². The van der Waals surface area contributed by atoms with Gasteiger partial charge < -0.3 is 14.8 Å². The van der Waals surface area contributed by atoms with Crippen LogP contribution in [0.4, 0.5) is 0 Å². The quantitative estimate of drug-likeness (QED) is 0.901. The molecule has 3 rings (SSSR count). The Bertz CT molecular complexity index is 629. The molecule has 0 radical (unpaired) electrons. The zero-order valence-corrected chi connectivity index (χ0v) is 13.4. The third kappa shape index (κ3) is 3.36. The molecule has 0 saturated heterocycles. The summed E-state index contributed by atoms with van der Waals surface area (Å²) in [5.74, 6) is 1.68. The van der Waals surface area contributed by atoms with E-state index in [4.69, 9.17) is 9.47 Å². The molecule has 2 heterocycles. The van der Waals surface area contributed by atoms with Crippen molar-refractivity contribution in [2.45, 2.75) is 19.5 Å². The standard InChI is InChI=1S/C16H17BrN2O2/c1-20-15-3-2-11(9-19-15)8-18-10-13-7-14(17)6-12-4-5-21-16(12)13/h2-3,6-7,9,18H,4-5,8,10H2,1H3. The predicted octanol–water partition coefficient (Wildman–Crippen LogP) is 3.08. The lowest BCUT2D eigenvalue weighted by molar-refractivity contribution is 0.352. The van der Waals surface area contributed by atoms with Crippen LogP contribution in [0.1, 0.15) is 16.7 Å². The second-order valence-corrected chi connectivity index (χ2v) is 5.88. The molecule has 2 aromatic rings. The van der Waals surface area contributed by atoms with E-state index in [1.165, 1.54) is 11.1 Å². The van der Waals surface area contributed by atoms with Gasteiger partial charge in [-0.05, 0) is 23.3 Å². The van der Waals surface area contributed by atoms with Crippen molar-refractivity contribution in [1.82, 2.24) is 10.3 Å². The molecule has 1 aromatic carbocycles. The van der Waals surface area contributed by atoms with Crippen molar-refractivity contribution in [2.75, 3.05) is 13.7 Å². The molecule has 0 atom stereocenters. The van der Waals surface area contributed by atoms with Crippen LogP contribution in [0.2, 0.25) is 0 Å². The van der Waals surface area contributed by atoms with Gasteiger partial charge in [0.1, 0.15) is 5.75 Å². The first-order valence-electron chi connectivity index (χ1n) is 6.90. The van der Waals surface area contributed by atoms with Gasteiger partial charge >= 0.3 is 0 Å². The van der Waals surface area contributed by atoms with E-state index in [2.05, 4.69) is 38.4 Å². The first kappa shape index (κ1) is 14.4. The molecule has 0 fully saturated rings. The summed E-state index contributed by atoms with van der Waals surface area (Å²) in [5.41, 5.74) is 3.61. The van der Waals surface area contributed by atoms with Gasteiger partial charge in [0.15, 0.2) is 0 Å². The van der Waals surface area contributed by atoms with Gasteiger partial charge in [-0.3, -0.25) is 0 Å². The number of benzene rings is 1. The van der Waals surface area contributed by atoms with E-state index in [-0.39, 0.29) is 0 Å². The monoisotopic (exact) mass is 348 g/mol. The molecular formula is C16H17BrN2O2. The minimum Gasteiger partial charge on any atom is -0.493 e. The van der Waals surface area contributed by atoms with Crippen LogP contribution in [0, 0.1) is 0 Å². The zero-order chi connectivity index (χ0) is 14.7. The third-order valence-electron chi connectivity index (χ3n) is 3.48. The number of nitrogens with one attached hydrogen (secondary N) is 1. The van der Waals surface area contributed by atoms with E-state index in [0.29, 0.717) is 5.88 Å². The largest absolute Gasteiger partial charge is 0.493 e. The second kappa shape index (κ2) is 6.45. The van der Waals surface area contributed by atoms with Gasteiger partial charge in [0.25, 0.3) is 0 Å². The highest BCUT2D eigenvalue weighted by Gasteiger charge is 2.17. The molecular weight excluding hydrogens is 332 g/mol. The second-order valence-electron chi connectivity index (χ2n) is 4.96. The normalized spacial score (nSPS) is 12.9. The van der Waals surface area contributed by atoms with E-state index in [1.807, 2.05) is 18.3 Å². The Hall–Kier alpha value is -1.59. The summed E-state index contributed by atoms with van der Waals surface area (Å²) in [4.78, 5) is 4.20. The number of rotatable bonds is 5. The molecule has 4 nitrogen and oxygen atoms in total. The lowest BCUT2D eigenvalue weighted by atomic mass is 10.1. The Balaban J connectivity index is 1.63. The maximum Gasteiger partial charge on any atom is 0.212 e. The van der Waals surface area contributed by atoms with E-state index in [0.717, 1.165) is 41.9 Å². The van der Waals surface area contributed by atoms with E-state index >= 15 is 0 Å². The minimum absolute atomic E-state index is 0.636. The van der Waals surface area contributed by atoms with Crippen LogP contribution in [0.5, 0.6) is 11.6 Å². The topological polar surface area (TPSA) is 43.4 Å². The summed E-state index contributed by atoms with van der Waals surface area (Å²) in [6, 6.07) is 8.14. The van der Waals surface area contributed by atoms with Crippen LogP contribution in [-0.4, -0.2) is 18.7 Å². The average Bonchev–Trinajstić information content (AvgIpc) is 2.96. The summed E-state index contributed by atoms with van der Waals surface area (Å²) in [6.45, 7) is 2.31. The van der Waals surface area contributed by atoms with Crippen molar-refractivity contribution >= 4 is 15.9 Å². The third-order valence-corrected chi connectivity index (χ3v) is 3.93. The van der Waals surface area contributed by atoms with Crippen LogP contribution in [0.15, 0.2) is 34.9 Å². The molecule has 5 heteroatoms. The fourth-order valence-corrected chi connectivity index (χ4v) is 3.01. The first-order valence-corrected chi connectivity index (χ1v) is 7.69. The molecule has 0 saturated carbocycles. The maximum atomic E-state index is 5.73. The minimum atomic E-state index is 0.636. The lowest BCUT2D eigenvalue weighted by Crippen LogP contribution is -2.13. The summed E-state index contributed by atoms with van der Waals surface area (Å²) < 4.78 is 11.9. The number of fused-ring (bicyclic) bond motifs is 1. The number of pyridine rings is 1. The number of ether oxygens (including phenoxy) is 2. The Morgan fingerprint density at radius 3 is 3.00 bits per heavy atom. The Morgan fingerprint density at radius 2 is 2.24 bits per heavy atom. The van der Waals surface area contributed by atoms with Crippen LogP contribution in [0.25, 0.3) is 0 Å². The molecule has 0 aliphatic carbocycles. The summed E-state index contributed by atoms with van der Waals surface area (Å²) >= 11 is 3.56. The van der Waals surface area contributed by atoms with Crippen LogP contribution >= 0.6 is 15.9 Å². The number of nitrogens with zero attached hydrogens (tertiary/aromatic N) is 1. The predicted molar refractivity (Wildman–Crippen MR) is 84.7 cm³/mol. The lowest BCUT2D eigenvalue weighted by Gasteiger charge is -2.10. The zero-order valence-electron chi connectivity index (χ0n) is 11.9. The number of halogens is 1. The van der Waals surface area contributed by atoms with Crippen LogP contribution in [0.3, 0.4) is 0 Å². The van der Waals surface area contributed by atoms with Gasteiger partial charge in [-0.1, -0.05) is 22.0 Å². The number of aromatic nitrogens is 1. The van der Waals surface area contributed by atoms with Gasteiger partial charge in [0.05, 0.1) is 13.7 Å².